The molecule has 1 fully saturated rings. The topological polar surface area (TPSA) is 75.9 Å². The monoisotopic (exact) mass is 277 g/mol. The number of ether oxygens (including phenoxy) is 1. The van der Waals surface area contributed by atoms with Gasteiger partial charge in [0.1, 0.15) is 11.8 Å². The van der Waals surface area contributed by atoms with Gasteiger partial charge in [0, 0.05) is 19.6 Å². The lowest BCUT2D eigenvalue weighted by Gasteiger charge is -2.37. The van der Waals surface area contributed by atoms with E-state index in [1.54, 1.807) is 17.0 Å². The average molecular weight is 277 g/mol. The highest BCUT2D eigenvalue weighted by molar-refractivity contribution is 5.83. The predicted octanol–water partition coefficient (Wildman–Crippen LogP) is -0.307. The molecule has 0 aromatic heterocycles. The Bertz CT molecular complexity index is 478. The van der Waals surface area contributed by atoms with Crippen LogP contribution >= 0.6 is 0 Å². The maximum absolute atomic E-state index is 12.1. The van der Waals surface area contributed by atoms with E-state index in [4.69, 9.17) is 10.5 Å². The van der Waals surface area contributed by atoms with Gasteiger partial charge < -0.3 is 15.4 Å². The van der Waals surface area contributed by atoms with Gasteiger partial charge >= 0.3 is 0 Å². The van der Waals surface area contributed by atoms with Gasteiger partial charge in [-0.3, -0.25) is 14.5 Å². The summed E-state index contributed by atoms with van der Waals surface area (Å²) in [6, 6.07) is 8.74. The second-order valence-electron chi connectivity index (χ2n) is 4.84. The first-order valence-electron chi connectivity index (χ1n) is 6.53. The van der Waals surface area contributed by atoms with Crippen molar-refractivity contribution < 1.29 is 14.3 Å². The van der Waals surface area contributed by atoms with Crippen LogP contribution in [0.25, 0.3) is 0 Å². The normalized spacial score (nSPS) is 19.6. The first-order chi connectivity index (χ1) is 9.58. The molecule has 6 heteroatoms. The molecule has 2 rings (SSSR count). The van der Waals surface area contributed by atoms with Crippen molar-refractivity contribution in [3.05, 3.63) is 30.3 Å². The maximum atomic E-state index is 12.1. The smallest absolute Gasteiger partial charge is 0.260 e. The summed E-state index contributed by atoms with van der Waals surface area (Å²) in [7, 11) is 1.83. The molecule has 1 aliphatic heterocycles. The van der Waals surface area contributed by atoms with Crippen LogP contribution in [0.5, 0.6) is 5.75 Å². The van der Waals surface area contributed by atoms with Crippen molar-refractivity contribution in [1.82, 2.24) is 9.80 Å². The fraction of sp³-hybridized carbons (Fsp3) is 0.429. The fourth-order valence-corrected chi connectivity index (χ4v) is 2.16. The number of rotatable bonds is 4. The summed E-state index contributed by atoms with van der Waals surface area (Å²) < 4.78 is 5.42. The van der Waals surface area contributed by atoms with Gasteiger partial charge in [-0.15, -0.1) is 0 Å². The van der Waals surface area contributed by atoms with E-state index >= 15 is 0 Å². The molecule has 2 N–H and O–H groups in total. The molecule has 0 spiro atoms. The number of carbonyl (C=O) groups is 2. The highest BCUT2D eigenvalue weighted by Crippen LogP contribution is 2.10. The third-order valence-corrected chi connectivity index (χ3v) is 3.43. The van der Waals surface area contributed by atoms with Gasteiger partial charge in [-0.25, -0.2) is 0 Å². The number of hydrogen-bond donors (Lipinski definition) is 1. The minimum Gasteiger partial charge on any atom is -0.484 e. The lowest BCUT2D eigenvalue weighted by molar-refractivity contribution is -0.138. The summed E-state index contributed by atoms with van der Waals surface area (Å²) in [5, 5.41) is 0. The Morgan fingerprint density at radius 2 is 2.00 bits per heavy atom. The number of piperazine rings is 1. The van der Waals surface area contributed by atoms with Gasteiger partial charge in [-0.1, -0.05) is 18.2 Å². The molecule has 0 saturated carbocycles. The summed E-state index contributed by atoms with van der Waals surface area (Å²) >= 11 is 0. The van der Waals surface area contributed by atoms with Crippen molar-refractivity contribution in [3.8, 4) is 5.75 Å². The SMILES string of the molecule is CN1CCN(C(=O)COc2ccccc2)CC1C(N)=O. The lowest BCUT2D eigenvalue weighted by Crippen LogP contribution is -2.58. The zero-order chi connectivity index (χ0) is 14.5. The highest BCUT2D eigenvalue weighted by atomic mass is 16.5. The first kappa shape index (κ1) is 14.3. The Labute approximate surface area is 118 Å². The number of amides is 2. The van der Waals surface area contributed by atoms with Crippen LogP contribution in [0.2, 0.25) is 0 Å². The molecule has 0 radical (unpaired) electrons. The van der Waals surface area contributed by atoms with Crippen molar-refractivity contribution in [3.63, 3.8) is 0 Å². The molecule has 1 aromatic rings. The fourth-order valence-electron chi connectivity index (χ4n) is 2.16. The Morgan fingerprint density at radius 1 is 1.30 bits per heavy atom. The van der Waals surface area contributed by atoms with Gasteiger partial charge in [0.2, 0.25) is 5.91 Å². The van der Waals surface area contributed by atoms with Crippen LogP contribution in [0.3, 0.4) is 0 Å². The third kappa shape index (κ3) is 3.48. The maximum Gasteiger partial charge on any atom is 0.260 e. The van der Waals surface area contributed by atoms with Gasteiger partial charge in [-0.05, 0) is 19.2 Å². The summed E-state index contributed by atoms with van der Waals surface area (Å²) in [5.41, 5.74) is 5.34. The van der Waals surface area contributed by atoms with Crippen LogP contribution in [0, 0.1) is 0 Å². The van der Waals surface area contributed by atoms with Crippen molar-refractivity contribution >= 4 is 11.8 Å². The van der Waals surface area contributed by atoms with E-state index in [0.29, 0.717) is 25.4 Å². The van der Waals surface area contributed by atoms with Gasteiger partial charge in [0.15, 0.2) is 6.61 Å². The number of para-hydroxylation sites is 1. The molecule has 1 unspecified atom stereocenters. The Morgan fingerprint density at radius 3 is 2.65 bits per heavy atom. The van der Waals surface area contributed by atoms with Gasteiger partial charge in [0.25, 0.3) is 5.91 Å². The second kappa shape index (κ2) is 6.38. The minimum absolute atomic E-state index is 0.0286. The van der Waals surface area contributed by atoms with E-state index in [9.17, 15) is 9.59 Å². The third-order valence-electron chi connectivity index (χ3n) is 3.43. The van der Waals surface area contributed by atoms with Crippen LogP contribution in [-0.4, -0.2) is 60.9 Å². The average Bonchev–Trinajstić information content (AvgIpc) is 2.46. The number of hydrogen-bond acceptors (Lipinski definition) is 4. The number of nitrogens with two attached hydrogens (primary N) is 1. The number of carbonyl (C=O) groups excluding carboxylic acids is 2. The van der Waals surface area contributed by atoms with Crippen LogP contribution in [0.15, 0.2) is 30.3 Å². The predicted molar refractivity (Wildman–Crippen MR) is 74.1 cm³/mol. The number of nitrogens with zero attached hydrogens (tertiary/aromatic N) is 2. The van der Waals surface area contributed by atoms with Crippen LogP contribution in [-0.2, 0) is 9.59 Å². The van der Waals surface area contributed by atoms with Gasteiger partial charge in [0.05, 0.1) is 0 Å². The molecule has 6 nitrogen and oxygen atoms in total. The summed E-state index contributed by atoms with van der Waals surface area (Å²) in [5.74, 6) is 0.114. The van der Waals surface area contributed by atoms with E-state index in [-0.39, 0.29) is 12.5 Å². The zero-order valence-corrected chi connectivity index (χ0v) is 11.5. The number of benzene rings is 1. The molecule has 1 heterocycles. The van der Waals surface area contributed by atoms with E-state index < -0.39 is 11.9 Å². The molecule has 1 atom stereocenters. The van der Waals surface area contributed by atoms with E-state index in [1.807, 2.05) is 30.1 Å². The zero-order valence-electron chi connectivity index (χ0n) is 11.5. The van der Waals surface area contributed by atoms with Crippen molar-refractivity contribution in [2.75, 3.05) is 33.3 Å². The molecule has 20 heavy (non-hydrogen) atoms. The van der Waals surface area contributed by atoms with Crippen LogP contribution in [0.4, 0.5) is 0 Å². The van der Waals surface area contributed by atoms with E-state index in [0.717, 1.165) is 0 Å². The standard InChI is InChI=1S/C14H19N3O3/c1-16-7-8-17(9-12(16)14(15)19)13(18)10-20-11-5-3-2-4-6-11/h2-6,12H,7-10H2,1H3,(H2,15,19). The molecule has 108 valence electrons. The first-order valence-corrected chi connectivity index (χ1v) is 6.53. The van der Waals surface area contributed by atoms with Gasteiger partial charge in [-0.2, -0.15) is 0 Å². The van der Waals surface area contributed by atoms with Crippen molar-refractivity contribution in [1.29, 1.82) is 0 Å². The van der Waals surface area contributed by atoms with Crippen LogP contribution in [0.1, 0.15) is 0 Å². The number of likely N-dealkylation sites (N-methyl/N-ethyl adjacent to an activating group) is 1. The molecule has 0 bridgehead atoms. The highest BCUT2D eigenvalue weighted by Gasteiger charge is 2.30. The Kier molecular flexibility index (Phi) is 4.57. The van der Waals surface area contributed by atoms with Crippen molar-refractivity contribution in [2.24, 2.45) is 5.73 Å². The Hall–Kier alpha value is -2.08. The molecule has 1 aliphatic rings. The molecule has 1 aromatic carbocycles. The second-order valence-corrected chi connectivity index (χ2v) is 4.84. The van der Waals surface area contributed by atoms with E-state index in [2.05, 4.69) is 0 Å². The van der Waals surface area contributed by atoms with E-state index in [1.165, 1.54) is 0 Å². The van der Waals surface area contributed by atoms with Crippen LogP contribution < -0.4 is 10.5 Å². The summed E-state index contributed by atoms with van der Waals surface area (Å²) in [6.45, 7) is 1.50. The molecule has 1 saturated heterocycles. The van der Waals surface area contributed by atoms with Crippen molar-refractivity contribution in [2.45, 2.75) is 6.04 Å². The number of primary amides is 1. The largest absolute Gasteiger partial charge is 0.484 e. The molecule has 0 aliphatic carbocycles. The lowest BCUT2D eigenvalue weighted by atomic mass is 10.1. The summed E-state index contributed by atoms with van der Waals surface area (Å²) in [4.78, 5) is 26.9. The molecular weight excluding hydrogens is 258 g/mol. The molecule has 2 amide bonds. The molecular formula is C14H19N3O3. The Balaban J connectivity index is 1.88. The summed E-state index contributed by atoms with van der Waals surface area (Å²) in [6.07, 6.45) is 0. The minimum atomic E-state index is -0.426. The quantitative estimate of drug-likeness (QED) is 0.819.